The number of likely N-dealkylation sites (N-methyl/N-ethyl adjacent to an activating group) is 1. The van der Waals surface area contributed by atoms with E-state index < -0.39 is 11.8 Å². The lowest BCUT2D eigenvalue weighted by Gasteiger charge is -2.34. The predicted octanol–water partition coefficient (Wildman–Crippen LogP) is 1.05. The minimum Gasteiger partial charge on any atom is -0.345 e. The van der Waals surface area contributed by atoms with Crippen LogP contribution in [0.2, 0.25) is 0 Å². The van der Waals surface area contributed by atoms with Gasteiger partial charge in [0.15, 0.2) is 0 Å². The number of benzene rings is 1. The second-order valence-corrected chi connectivity index (χ2v) is 6.04. The van der Waals surface area contributed by atoms with Crippen LogP contribution in [0.15, 0.2) is 24.5 Å². The molecule has 1 aliphatic heterocycles. The number of piperidine rings is 1. The van der Waals surface area contributed by atoms with Gasteiger partial charge in [0.2, 0.25) is 0 Å². The maximum absolute atomic E-state index is 12.3. The summed E-state index contributed by atoms with van der Waals surface area (Å²) in [5.74, 6) is -1.10. The van der Waals surface area contributed by atoms with Gasteiger partial charge in [0, 0.05) is 18.8 Å². The summed E-state index contributed by atoms with van der Waals surface area (Å²) >= 11 is 0. The number of nitrogens with one attached hydrogen (secondary N) is 2. The van der Waals surface area contributed by atoms with Crippen LogP contribution in [-0.4, -0.2) is 64.8 Å². The van der Waals surface area contributed by atoms with Gasteiger partial charge in [0.05, 0.1) is 17.4 Å². The van der Waals surface area contributed by atoms with Crippen LogP contribution in [0.5, 0.6) is 0 Å². The topological polar surface area (TPSA) is 81.3 Å². The van der Waals surface area contributed by atoms with Crippen LogP contribution < -0.4 is 5.32 Å². The van der Waals surface area contributed by atoms with E-state index in [0.29, 0.717) is 5.69 Å². The Kier molecular flexibility index (Phi) is 4.29. The Hall–Kier alpha value is -2.41. The number of hydrogen-bond acceptors (Lipinski definition) is 4. The number of aromatic amines is 1. The molecule has 2 aromatic rings. The lowest BCUT2D eigenvalue weighted by atomic mass is 10.0. The van der Waals surface area contributed by atoms with E-state index >= 15 is 0 Å². The predicted molar refractivity (Wildman–Crippen MR) is 88.0 cm³/mol. The molecule has 1 fully saturated rings. The number of amides is 2. The molecule has 7 heteroatoms. The Morgan fingerprint density at radius 3 is 2.83 bits per heavy atom. The fourth-order valence-corrected chi connectivity index (χ4v) is 2.91. The molecule has 2 amide bonds. The molecule has 1 aromatic carbocycles. The third-order valence-corrected chi connectivity index (χ3v) is 4.43. The lowest BCUT2D eigenvalue weighted by molar-refractivity contribution is -0.144. The van der Waals surface area contributed by atoms with Crippen molar-refractivity contribution < 1.29 is 9.59 Å². The fourth-order valence-electron chi connectivity index (χ4n) is 2.91. The molecular weight excluding hydrogens is 294 g/mol. The second kappa shape index (κ2) is 6.37. The summed E-state index contributed by atoms with van der Waals surface area (Å²) in [5, 5.41) is 2.66. The highest BCUT2D eigenvalue weighted by Crippen LogP contribution is 2.17. The zero-order chi connectivity index (χ0) is 16.4. The maximum Gasteiger partial charge on any atom is 0.313 e. The smallest absolute Gasteiger partial charge is 0.313 e. The highest BCUT2D eigenvalue weighted by atomic mass is 16.2. The summed E-state index contributed by atoms with van der Waals surface area (Å²) < 4.78 is 0. The van der Waals surface area contributed by atoms with Gasteiger partial charge < -0.3 is 20.1 Å². The van der Waals surface area contributed by atoms with Crippen molar-refractivity contribution in [3.8, 4) is 0 Å². The summed E-state index contributed by atoms with van der Waals surface area (Å²) in [7, 11) is 3.77. The Labute approximate surface area is 134 Å². The van der Waals surface area contributed by atoms with E-state index in [1.54, 1.807) is 36.5 Å². The van der Waals surface area contributed by atoms with Crippen LogP contribution in [0.4, 0.5) is 5.69 Å². The van der Waals surface area contributed by atoms with Crippen molar-refractivity contribution in [3.05, 3.63) is 24.5 Å². The number of aromatic nitrogens is 2. The van der Waals surface area contributed by atoms with E-state index in [0.717, 1.165) is 37.0 Å². The molecule has 7 nitrogen and oxygen atoms in total. The number of carbonyl (C=O) groups is 2. The van der Waals surface area contributed by atoms with Crippen LogP contribution in [0.3, 0.4) is 0 Å². The van der Waals surface area contributed by atoms with Crippen LogP contribution >= 0.6 is 0 Å². The first-order chi connectivity index (χ1) is 11.0. The second-order valence-electron chi connectivity index (χ2n) is 6.04. The average Bonchev–Trinajstić information content (AvgIpc) is 3.01. The Morgan fingerprint density at radius 2 is 2.09 bits per heavy atom. The largest absolute Gasteiger partial charge is 0.345 e. The van der Waals surface area contributed by atoms with E-state index in [2.05, 4.69) is 27.2 Å². The SMILES string of the molecule is CN1CCC(N(C)C(=O)C(=O)Nc2ccc3nc[nH]c3c2)CC1. The molecule has 2 N–H and O–H groups in total. The van der Waals surface area contributed by atoms with Crippen molar-refractivity contribution in [2.24, 2.45) is 0 Å². The van der Waals surface area contributed by atoms with Crippen LogP contribution in [0.1, 0.15) is 12.8 Å². The molecule has 0 saturated carbocycles. The molecular formula is C16H21N5O2. The lowest BCUT2D eigenvalue weighted by Crippen LogP contribution is -2.47. The number of fused-ring (bicyclic) bond motifs is 1. The first-order valence-corrected chi connectivity index (χ1v) is 7.74. The van der Waals surface area contributed by atoms with Gasteiger partial charge in [-0.2, -0.15) is 0 Å². The molecule has 1 aliphatic rings. The van der Waals surface area contributed by atoms with Gasteiger partial charge in [-0.15, -0.1) is 0 Å². The van der Waals surface area contributed by atoms with Crippen LogP contribution in [0, 0.1) is 0 Å². The quantitative estimate of drug-likeness (QED) is 0.812. The van der Waals surface area contributed by atoms with E-state index in [1.165, 1.54) is 0 Å². The summed E-state index contributed by atoms with van der Waals surface area (Å²) in [6.45, 7) is 1.89. The molecule has 0 radical (unpaired) electrons. The van der Waals surface area contributed by atoms with Crippen molar-refractivity contribution in [1.29, 1.82) is 0 Å². The van der Waals surface area contributed by atoms with Gasteiger partial charge in [-0.25, -0.2) is 4.98 Å². The molecule has 0 atom stereocenters. The highest BCUT2D eigenvalue weighted by Gasteiger charge is 2.27. The molecule has 0 spiro atoms. The van der Waals surface area contributed by atoms with E-state index in [9.17, 15) is 9.59 Å². The maximum atomic E-state index is 12.3. The zero-order valence-electron chi connectivity index (χ0n) is 13.4. The van der Waals surface area contributed by atoms with Gasteiger partial charge in [-0.1, -0.05) is 0 Å². The summed E-state index contributed by atoms with van der Waals surface area (Å²) in [6, 6.07) is 5.43. The fraction of sp³-hybridized carbons (Fsp3) is 0.438. The van der Waals surface area contributed by atoms with Crippen molar-refractivity contribution in [2.45, 2.75) is 18.9 Å². The average molecular weight is 315 g/mol. The summed E-state index contributed by atoms with van der Waals surface area (Å²) in [5.41, 5.74) is 2.22. The Bertz CT molecular complexity index is 718. The monoisotopic (exact) mass is 315 g/mol. The first kappa shape index (κ1) is 15.5. The molecule has 122 valence electrons. The van der Waals surface area contributed by atoms with E-state index in [1.807, 2.05) is 0 Å². The van der Waals surface area contributed by atoms with E-state index in [4.69, 9.17) is 0 Å². The molecule has 3 rings (SSSR count). The number of H-pyrrole nitrogens is 1. The van der Waals surface area contributed by atoms with Gasteiger partial charge in [-0.05, 0) is 51.2 Å². The highest BCUT2D eigenvalue weighted by molar-refractivity contribution is 6.39. The third-order valence-electron chi connectivity index (χ3n) is 4.43. The molecule has 1 aromatic heterocycles. The number of likely N-dealkylation sites (tertiary alicyclic amines) is 1. The van der Waals surface area contributed by atoms with Crippen molar-refractivity contribution in [1.82, 2.24) is 19.8 Å². The van der Waals surface area contributed by atoms with Gasteiger partial charge in [-0.3, -0.25) is 9.59 Å². The summed E-state index contributed by atoms with van der Waals surface area (Å²) in [4.78, 5) is 35.4. The van der Waals surface area contributed by atoms with Gasteiger partial charge in [0.1, 0.15) is 0 Å². The molecule has 2 heterocycles. The first-order valence-electron chi connectivity index (χ1n) is 7.74. The van der Waals surface area contributed by atoms with E-state index in [-0.39, 0.29) is 6.04 Å². The van der Waals surface area contributed by atoms with Crippen molar-refractivity contribution in [2.75, 3.05) is 32.5 Å². The zero-order valence-corrected chi connectivity index (χ0v) is 13.4. The van der Waals surface area contributed by atoms with Gasteiger partial charge in [0.25, 0.3) is 0 Å². The Morgan fingerprint density at radius 1 is 1.35 bits per heavy atom. The standard InChI is InChI=1S/C16H21N5O2/c1-20-7-5-12(6-8-20)21(2)16(23)15(22)19-11-3-4-13-14(9-11)18-10-17-13/h3-4,9-10,12H,5-8H2,1-2H3,(H,17,18)(H,19,22). The number of imidazole rings is 1. The molecule has 0 unspecified atom stereocenters. The number of anilines is 1. The molecule has 23 heavy (non-hydrogen) atoms. The number of carbonyl (C=O) groups excluding carboxylic acids is 2. The number of nitrogens with zero attached hydrogens (tertiary/aromatic N) is 3. The summed E-state index contributed by atoms with van der Waals surface area (Å²) in [6.07, 6.45) is 3.38. The molecule has 1 saturated heterocycles. The minimum atomic E-state index is -0.606. The molecule has 0 aliphatic carbocycles. The number of rotatable bonds is 2. The third kappa shape index (κ3) is 3.34. The Balaban J connectivity index is 1.63. The molecule has 0 bridgehead atoms. The van der Waals surface area contributed by atoms with Gasteiger partial charge >= 0.3 is 11.8 Å². The van der Waals surface area contributed by atoms with Crippen LogP contribution in [-0.2, 0) is 9.59 Å². The van der Waals surface area contributed by atoms with Crippen LogP contribution in [0.25, 0.3) is 11.0 Å². The number of hydrogen-bond donors (Lipinski definition) is 2. The van der Waals surface area contributed by atoms with Crippen molar-refractivity contribution >= 4 is 28.5 Å². The minimum absolute atomic E-state index is 0.125. The van der Waals surface area contributed by atoms with Crippen molar-refractivity contribution in [3.63, 3.8) is 0 Å². The normalized spacial score (nSPS) is 16.4.